The first-order valence-corrected chi connectivity index (χ1v) is 20.5. The fourth-order valence-electron chi connectivity index (χ4n) is 8.41. The van der Waals surface area contributed by atoms with E-state index in [1.165, 1.54) is 10.9 Å². The molecular formula is C56H37N5. The third-order valence-electron chi connectivity index (χ3n) is 11.4. The van der Waals surface area contributed by atoms with Gasteiger partial charge in [-0.2, -0.15) is 0 Å². The number of benzene rings is 7. The first-order valence-electron chi connectivity index (χ1n) is 20.5. The van der Waals surface area contributed by atoms with E-state index < -0.39 is 0 Å². The molecule has 0 saturated carbocycles. The minimum absolute atomic E-state index is 0.664. The molecule has 286 valence electrons. The summed E-state index contributed by atoms with van der Waals surface area (Å²) in [5.74, 6) is 0.664. The molecule has 11 rings (SSSR count). The molecule has 5 heteroatoms. The Morgan fingerprint density at radius 2 is 0.934 bits per heavy atom. The second-order valence-corrected chi connectivity index (χ2v) is 15.4. The van der Waals surface area contributed by atoms with Crippen LogP contribution in [0.5, 0.6) is 0 Å². The van der Waals surface area contributed by atoms with Crippen molar-refractivity contribution >= 4 is 32.6 Å². The van der Waals surface area contributed by atoms with E-state index in [0.717, 1.165) is 100 Å². The summed E-state index contributed by atoms with van der Waals surface area (Å²) in [4.78, 5) is 25.1. The van der Waals surface area contributed by atoms with Crippen molar-refractivity contribution in [1.82, 2.24) is 24.9 Å². The van der Waals surface area contributed by atoms with Crippen molar-refractivity contribution in [3.05, 3.63) is 212 Å². The van der Waals surface area contributed by atoms with Gasteiger partial charge in [0.05, 0.1) is 28.1 Å². The summed E-state index contributed by atoms with van der Waals surface area (Å²) in [7, 11) is 0. The van der Waals surface area contributed by atoms with Crippen molar-refractivity contribution in [2.45, 2.75) is 6.92 Å². The normalized spacial score (nSPS) is 11.4. The largest absolute Gasteiger partial charge is 0.264 e. The quantitative estimate of drug-likeness (QED) is 0.151. The molecule has 0 spiro atoms. The summed E-state index contributed by atoms with van der Waals surface area (Å²) < 4.78 is 0. The van der Waals surface area contributed by atoms with Crippen LogP contribution in [0.4, 0.5) is 0 Å². The maximum Gasteiger partial charge on any atom is 0.160 e. The van der Waals surface area contributed by atoms with Gasteiger partial charge in [-0.25, -0.2) is 15.0 Å². The van der Waals surface area contributed by atoms with Crippen molar-refractivity contribution in [1.29, 1.82) is 0 Å². The Bertz CT molecular complexity index is 3430. The molecule has 0 bridgehead atoms. The van der Waals surface area contributed by atoms with Crippen molar-refractivity contribution in [3.63, 3.8) is 0 Å². The zero-order valence-corrected chi connectivity index (χ0v) is 33.4. The molecule has 4 heterocycles. The van der Waals surface area contributed by atoms with Gasteiger partial charge in [0.1, 0.15) is 0 Å². The highest BCUT2D eigenvalue weighted by Gasteiger charge is 2.15. The zero-order chi connectivity index (χ0) is 40.7. The zero-order valence-electron chi connectivity index (χ0n) is 33.4. The molecule has 7 aromatic carbocycles. The maximum absolute atomic E-state index is 5.28. The molecule has 0 atom stereocenters. The van der Waals surface area contributed by atoms with Gasteiger partial charge in [0.2, 0.25) is 0 Å². The topological polar surface area (TPSA) is 64.5 Å². The van der Waals surface area contributed by atoms with Crippen molar-refractivity contribution < 1.29 is 0 Å². The molecule has 0 aliphatic rings. The molecule has 0 saturated heterocycles. The van der Waals surface area contributed by atoms with Gasteiger partial charge >= 0.3 is 0 Å². The lowest BCUT2D eigenvalue weighted by atomic mass is 9.96. The average molecular weight is 780 g/mol. The number of hydrogen-bond acceptors (Lipinski definition) is 5. The van der Waals surface area contributed by atoms with E-state index in [1.807, 2.05) is 36.7 Å². The number of nitrogens with zero attached hydrogens (tertiary/aromatic N) is 5. The fourth-order valence-corrected chi connectivity index (χ4v) is 8.41. The number of aromatic nitrogens is 5. The lowest BCUT2D eigenvalue weighted by molar-refractivity contribution is 1.18. The molecule has 0 aliphatic carbocycles. The van der Waals surface area contributed by atoms with Crippen LogP contribution in [0.15, 0.2) is 207 Å². The maximum atomic E-state index is 5.28. The van der Waals surface area contributed by atoms with E-state index in [9.17, 15) is 0 Å². The highest BCUT2D eigenvalue weighted by molar-refractivity contribution is 6.09. The summed E-state index contributed by atoms with van der Waals surface area (Å²) in [5.41, 5.74) is 16.2. The first kappa shape index (κ1) is 36.0. The summed E-state index contributed by atoms with van der Waals surface area (Å²) in [6, 6.07) is 67.8. The van der Waals surface area contributed by atoms with Crippen LogP contribution in [-0.2, 0) is 0 Å². The van der Waals surface area contributed by atoms with Crippen LogP contribution in [0.3, 0.4) is 0 Å². The van der Waals surface area contributed by atoms with E-state index in [1.54, 1.807) is 0 Å². The van der Waals surface area contributed by atoms with E-state index in [2.05, 4.69) is 182 Å². The molecule has 0 unspecified atom stereocenters. The lowest BCUT2D eigenvalue weighted by Gasteiger charge is -2.13. The van der Waals surface area contributed by atoms with Crippen LogP contribution >= 0.6 is 0 Å². The minimum atomic E-state index is 0.664. The van der Waals surface area contributed by atoms with Gasteiger partial charge in [0.15, 0.2) is 5.82 Å². The second-order valence-electron chi connectivity index (χ2n) is 15.4. The van der Waals surface area contributed by atoms with Gasteiger partial charge < -0.3 is 0 Å². The van der Waals surface area contributed by atoms with Crippen molar-refractivity contribution in [2.24, 2.45) is 0 Å². The van der Waals surface area contributed by atoms with Gasteiger partial charge in [-0.15, -0.1) is 0 Å². The highest BCUT2D eigenvalue weighted by atomic mass is 14.9. The molecule has 0 radical (unpaired) electrons. The molecule has 4 aromatic heterocycles. The number of pyridine rings is 3. The summed E-state index contributed by atoms with van der Waals surface area (Å²) in [6.45, 7) is 2.05. The monoisotopic (exact) mass is 779 g/mol. The Kier molecular flexibility index (Phi) is 8.98. The number of aryl methyl sites for hydroxylation is 1. The molecule has 0 aliphatic heterocycles. The molecule has 0 amide bonds. The predicted octanol–water partition coefficient (Wildman–Crippen LogP) is 14.1. The summed E-state index contributed by atoms with van der Waals surface area (Å²) in [6.07, 6.45) is 3.77. The molecule has 5 nitrogen and oxygen atoms in total. The summed E-state index contributed by atoms with van der Waals surface area (Å²) >= 11 is 0. The summed E-state index contributed by atoms with van der Waals surface area (Å²) in [5, 5.41) is 4.43. The average Bonchev–Trinajstić information content (AvgIpc) is 3.34. The Labute approximate surface area is 353 Å². The number of rotatable bonds is 7. The van der Waals surface area contributed by atoms with Crippen LogP contribution in [0.2, 0.25) is 0 Å². The second kappa shape index (κ2) is 15.2. The third-order valence-corrected chi connectivity index (χ3v) is 11.4. The van der Waals surface area contributed by atoms with Crippen molar-refractivity contribution in [3.8, 4) is 78.5 Å². The Morgan fingerprint density at radius 3 is 1.72 bits per heavy atom. The molecule has 0 N–H and O–H groups in total. The Balaban J connectivity index is 0.982. The van der Waals surface area contributed by atoms with Crippen LogP contribution in [0.1, 0.15) is 5.69 Å². The Hall–Kier alpha value is -8.15. The van der Waals surface area contributed by atoms with Crippen LogP contribution in [0, 0.1) is 6.92 Å². The van der Waals surface area contributed by atoms with E-state index >= 15 is 0 Å². The van der Waals surface area contributed by atoms with E-state index in [-0.39, 0.29) is 0 Å². The van der Waals surface area contributed by atoms with E-state index in [0.29, 0.717) is 5.82 Å². The first-order chi connectivity index (χ1) is 30.1. The van der Waals surface area contributed by atoms with Crippen LogP contribution in [-0.4, -0.2) is 24.9 Å². The molecule has 61 heavy (non-hydrogen) atoms. The van der Waals surface area contributed by atoms with E-state index in [4.69, 9.17) is 19.9 Å². The molecule has 11 aromatic rings. The SMILES string of the molecule is Cc1cc(-c2ccccc2)c2ccc3ccc(-c4cccc(-c5cccc(-c6nc(-c7ccccc7)cc(-c7cccc(-c8cccc9cnccc89)c7)n6)c5)c4)nc3c2n1. The standard InChI is InChI=1S/C56H37N5/c1-36-30-50(37-12-4-2-5-13-37)49-26-24-39-25-27-51(59-54(39)55(49)58-36)43-19-8-16-40(31-43)41-17-9-21-45(32-41)56-60-52(38-14-6-3-7-15-38)34-53(61-56)44-20-10-18-42(33-44)47-23-11-22-46-35-57-29-28-48(46)47/h2-35H,1H3. The smallest absolute Gasteiger partial charge is 0.160 e. The molecular weight excluding hydrogens is 743 g/mol. The highest BCUT2D eigenvalue weighted by Crippen LogP contribution is 2.36. The third kappa shape index (κ3) is 6.88. The number of hydrogen-bond donors (Lipinski definition) is 0. The number of fused-ring (bicyclic) bond motifs is 4. The van der Waals surface area contributed by atoms with Crippen LogP contribution in [0.25, 0.3) is 111 Å². The van der Waals surface area contributed by atoms with Gasteiger partial charge in [-0.05, 0) is 88.2 Å². The van der Waals surface area contributed by atoms with Crippen molar-refractivity contribution in [2.75, 3.05) is 0 Å². The van der Waals surface area contributed by atoms with Gasteiger partial charge in [0, 0.05) is 56.5 Å². The van der Waals surface area contributed by atoms with Crippen LogP contribution < -0.4 is 0 Å². The Morgan fingerprint density at radius 1 is 0.328 bits per heavy atom. The predicted molar refractivity (Wildman–Crippen MR) is 251 cm³/mol. The van der Waals surface area contributed by atoms with Gasteiger partial charge in [0.25, 0.3) is 0 Å². The van der Waals surface area contributed by atoms with Gasteiger partial charge in [-0.3, -0.25) is 9.97 Å². The van der Waals surface area contributed by atoms with Gasteiger partial charge in [-0.1, -0.05) is 152 Å². The fraction of sp³-hybridized carbons (Fsp3) is 0.0179. The molecule has 0 fully saturated rings. The lowest BCUT2D eigenvalue weighted by Crippen LogP contribution is -1.96. The minimum Gasteiger partial charge on any atom is -0.264 e.